The number of benzene rings is 2. The smallest absolute Gasteiger partial charge is 0.267 e. The van der Waals surface area contributed by atoms with Gasteiger partial charge in [0.15, 0.2) is 11.6 Å². The van der Waals surface area contributed by atoms with Gasteiger partial charge in [-0.15, -0.1) is 0 Å². The average Bonchev–Trinajstić information content (AvgIpc) is 3.14. The Hall–Kier alpha value is -4.90. The van der Waals surface area contributed by atoms with Crippen molar-refractivity contribution < 1.29 is 13.5 Å². The Kier molecular flexibility index (Phi) is 7.39. The Morgan fingerprint density at radius 3 is 2.70 bits per heavy atom. The third-order valence-corrected chi connectivity index (χ3v) is 6.54. The van der Waals surface area contributed by atoms with Gasteiger partial charge in [-0.25, -0.2) is 19.3 Å². The third-order valence-electron chi connectivity index (χ3n) is 6.22. The Bertz CT molecular complexity index is 1860. The molecular weight excluding hydrogens is 540 g/mol. The number of hydrogen-bond acceptors (Lipinski definition) is 8. The highest BCUT2D eigenvalue weighted by atomic mass is 35.5. The molecule has 5 rings (SSSR count). The van der Waals surface area contributed by atoms with Crippen LogP contribution >= 0.6 is 11.6 Å². The molecule has 9 nitrogen and oxygen atoms in total. The number of ether oxygens (including phenoxy) is 1. The number of halogens is 3. The molecule has 0 amide bonds. The monoisotopic (exact) mass is 561 g/mol. The fraction of sp³-hybridized carbons (Fsp3) is 0.107. The van der Waals surface area contributed by atoms with E-state index in [1.165, 1.54) is 30.1 Å². The van der Waals surface area contributed by atoms with Crippen molar-refractivity contribution in [1.29, 1.82) is 5.41 Å². The van der Waals surface area contributed by atoms with Gasteiger partial charge in [0.25, 0.3) is 5.56 Å². The van der Waals surface area contributed by atoms with E-state index >= 15 is 0 Å². The van der Waals surface area contributed by atoms with Gasteiger partial charge in [0.2, 0.25) is 5.82 Å². The van der Waals surface area contributed by atoms with E-state index in [4.69, 9.17) is 32.5 Å². The molecule has 1 aliphatic rings. The van der Waals surface area contributed by atoms with Crippen LogP contribution in [0.25, 0.3) is 16.8 Å². The van der Waals surface area contributed by atoms with Crippen molar-refractivity contribution in [3.8, 4) is 11.4 Å². The molecule has 40 heavy (non-hydrogen) atoms. The second-order valence-corrected chi connectivity index (χ2v) is 9.02. The van der Waals surface area contributed by atoms with Crippen LogP contribution in [0.15, 0.2) is 65.7 Å². The molecule has 0 saturated carbocycles. The highest BCUT2D eigenvalue weighted by Crippen LogP contribution is 2.27. The SMILES string of the molecule is COc1ccc(C(=N)c2c(N)ncnc2NCc2nc3c(c(=O)n2-c2ccccc2)=C(Cl)C=CCC=3)c(F)c1F. The van der Waals surface area contributed by atoms with Crippen LogP contribution in [0.3, 0.4) is 0 Å². The quantitative estimate of drug-likeness (QED) is 0.296. The molecule has 1 aliphatic carbocycles. The maximum Gasteiger partial charge on any atom is 0.267 e. The van der Waals surface area contributed by atoms with Crippen molar-refractivity contribution in [2.45, 2.75) is 13.0 Å². The molecule has 0 saturated heterocycles. The van der Waals surface area contributed by atoms with Crippen molar-refractivity contribution in [1.82, 2.24) is 19.5 Å². The summed E-state index contributed by atoms with van der Waals surface area (Å²) in [5.74, 6) is -2.57. The zero-order chi connectivity index (χ0) is 28.4. The van der Waals surface area contributed by atoms with Crippen molar-refractivity contribution in [3.63, 3.8) is 0 Å². The largest absolute Gasteiger partial charge is 0.494 e. The molecule has 0 spiro atoms. The maximum absolute atomic E-state index is 14.8. The van der Waals surface area contributed by atoms with Crippen LogP contribution in [0.5, 0.6) is 5.75 Å². The number of hydrogen-bond donors (Lipinski definition) is 3. The van der Waals surface area contributed by atoms with Gasteiger partial charge in [0, 0.05) is 5.56 Å². The zero-order valence-corrected chi connectivity index (χ0v) is 21.8. The Morgan fingerprint density at radius 1 is 1.18 bits per heavy atom. The molecule has 2 aromatic carbocycles. The summed E-state index contributed by atoms with van der Waals surface area (Å²) >= 11 is 6.44. The highest BCUT2D eigenvalue weighted by Gasteiger charge is 2.23. The predicted molar refractivity (Wildman–Crippen MR) is 149 cm³/mol. The van der Waals surface area contributed by atoms with E-state index in [1.54, 1.807) is 36.4 Å². The second-order valence-electron chi connectivity index (χ2n) is 8.61. The molecule has 0 radical (unpaired) electrons. The van der Waals surface area contributed by atoms with Crippen LogP contribution in [-0.4, -0.2) is 32.3 Å². The van der Waals surface area contributed by atoms with Crippen molar-refractivity contribution in [2.24, 2.45) is 0 Å². The number of nitrogens with one attached hydrogen (secondary N) is 2. The maximum atomic E-state index is 14.8. The topological polar surface area (TPSA) is 132 Å². The molecule has 4 N–H and O–H groups in total. The van der Waals surface area contributed by atoms with Crippen LogP contribution in [-0.2, 0) is 6.54 Å². The fourth-order valence-electron chi connectivity index (χ4n) is 4.31. The zero-order valence-electron chi connectivity index (χ0n) is 21.1. The van der Waals surface area contributed by atoms with Crippen LogP contribution in [0.1, 0.15) is 23.4 Å². The number of allylic oxidation sites excluding steroid dienone is 2. The average molecular weight is 562 g/mol. The Balaban J connectivity index is 1.60. The highest BCUT2D eigenvalue weighted by molar-refractivity contribution is 6.47. The molecule has 0 fully saturated rings. The molecule has 0 unspecified atom stereocenters. The standard InChI is InChI=1S/C28H22ClF2N7O2/c1-40-19-12-11-16(23(30)24(19)31)25(32)22-26(33)35-14-36-27(22)34-13-20-37-18-10-6-5-9-17(29)21(18)28(39)38(20)15-7-3-2-4-8-15/h2-5,7-12,14,32H,6,13H2,1H3,(H3,33,34,35,36). The summed E-state index contributed by atoms with van der Waals surface area (Å²) < 4.78 is 35.5. The first-order valence-electron chi connectivity index (χ1n) is 12.0. The number of fused-ring (bicyclic) bond motifs is 1. The van der Waals surface area contributed by atoms with Gasteiger partial charge >= 0.3 is 0 Å². The molecule has 12 heteroatoms. The lowest BCUT2D eigenvalue weighted by atomic mass is 10.0. The normalized spacial score (nSPS) is 12.3. The molecule has 4 aromatic rings. The number of rotatable bonds is 7. The predicted octanol–water partition coefficient (Wildman–Crippen LogP) is 3.01. The fourth-order valence-corrected chi connectivity index (χ4v) is 4.58. The summed E-state index contributed by atoms with van der Waals surface area (Å²) in [6.07, 6.45) is 7.00. The summed E-state index contributed by atoms with van der Waals surface area (Å²) in [6, 6.07) is 11.3. The van der Waals surface area contributed by atoms with E-state index in [0.29, 0.717) is 23.3 Å². The molecule has 2 aromatic heterocycles. The Morgan fingerprint density at radius 2 is 1.95 bits per heavy atom. The summed E-state index contributed by atoms with van der Waals surface area (Å²) in [6.45, 7) is -0.0491. The number of nitrogens with two attached hydrogens (primary N) is 1. The lowest BCUT2D eigenvalue weighted by Crippen LogP contribution is -2.48. The minimum Gasteiger partial charge on any atom is -0.494 e. The number of anilines is 2. The van der Waals surface area contributed by atoms with E-state index in [2.05, 4.69) is 15.3 Å². The van der Waals surface area contributed by atoms with E-state index in [1.807, 2.05) is 12.1 Å². The number of aromatic nitrogens is 4. The van der Waals surface area contributed by atoms with Gasteiger partial charge in [0.05, 0.1) is 46.2 Å². The van der Waals surface area contributed by atoms with Gasteiger partial charge in [-0.05, 0) is 36.8 Å². The van der Waals surface area contributed by atoms with Gasteiger partial charge in [-0.3, -0.25) is 14.8 Å². The van der Waals surface area contributed by atoms with Gasteiger partial charge < -0.3 is 15.8 Å². The summed E-state index contributed by atoms with van der Waals surface area (Å²) in [5.41, 5.74) is 5.39. The summed E-state index contributed by atoms with van der Waals surface area (Å²) in [5, 5.41) is 12.7. The van der Waals surface area contributed by atoms with E-state index in [0.717, 1.165) is 0 Å². The van der Waals surface area contributed by atoms with Crippen molar-refractivity contribution in [3.05, 3.63) is 110 Å². The number of nitrogen functional groups attached to an aromatic ring is 1. The molecule has 0 aliphatic heterocycles. The first kappa shape index (κ1) is 26.7. The molecular formula is C28H22ClF2N7O2. The van der Waals surface area contributed by atoms with Crippen LogP contribution in [0.2, 0.25) is 0 Å². The number of para-hydroxylation sites is 1. The number of nitrogens with zero attached hydrogens (tertiary/aromatic N) is 4. The van der Waals surface area contributed by atoms with E-state index in [9.17, 15) is 13.6 Å². The molecule has 0 atom stereocenters. The second kappa shape index (κ2) is 11.1. The minimum absolute atomic E-state index is 0.0491. The first-order chi connectivity index (χ1) is 19.3. The van der Waals surface area contributed by atoms with Crippen molar-refractivity contribution in [2.75, 3.05) is 18.2 Å². The third kappa shape index (κ3) is 4.82. The van der Waals surface area contributed by atoms with E-state index in [-0.39, 0.29) is 50.9 Å². The van der Waals surface area contributed by atoms with Gasteiger partial charge in [-0.2, -0.15) is 4.39 Å². The summed E-state index contributed by atoms with van der Waals surface area (Å²) in [7, 11) is 1.21. The molecule has 2 heterocycles. The molecule has 0 bridgehead atoms. The van der Waals surface area contributed by atoms with Crippen LogP contribution in [0.4, 0.5) is 20.4 Å². The lowest BCUT2D eigenvalue weighted by molar-refractivity contribution is 0.371. The van der Waals surface area contributed by atoms with Crippen LogP contribution in [0, 0.1) is 17.0 Å². The van der Waals surface area contributed by atoms with Crippen LogP contribution < -0.4 is 31.9 Å². The minimum atomic E-state index is -1.28. The van der Waals surface area contributed by atoms with Gasteiger partial charge in [0.1, 0.15) is 23.8 Å². The van der Waals surface area contributed by atoms with E-state index < -0.39 is 17.3 Å². The first-order valence-corrected chi connectivity index (χ1v) is 12.4. The number of methoxy groups -OCH3 is 1. The van der Waals surface area contributed by atoms with Crippen molar-refractivity contribution >= 4 is 40.1 Å². The molecule has 202 valence electrons. The van der Waals surface area contributed by atoms with Gasteiger partial charge in [-0.1, -0.05) is 42.0 Å². The lowest BCUT2D eigenvalue weighted by Gasteiger charge is -2.17. The Labute approximate surface area is 231 Å². The summed E-state index contributed by atoms with van der Waals surface area (Å²) in [4.78, 5) is 26.5.